The summed E-state index contributed by atoms with van der Waals surface area (Å²) in [6.07, 6.45) is 13.1. The van der Waals surface area contributed by atoms with Crippen LogP contribution in [0.25, 0.3) is 0 Å². The molecule has 2 aromatic carbocycles. The van der Waals surface area contributed by atoms with E-state index in [2.05, 4.69) is 65.8 Å². The molecule has 0 saturated heterocycles. The van der Waals surface area contributed by atoms with Crippen molar-refractivity contribution in [1.29, 1.82) is 0 Å². The van der Waals surface area contributed by atoms with Gasteiger partial charge in [-0.25, -0.2) is 0 Å². The number of aryl methyl sites for hydroxylation is 1. The maximum Gasteiger partial charge on any atom is 0.317 e. The third-order valence-electron chi connectivity index (χ3n) is 15.9. The number of hydrogen-bond donors (Lipinski definition) is 1. The monoisotopic (exact) mass is 825 g/mol. The van der Waals surface area contributed by atoms with Crippen molar-refractivity contribution in [3.8, 4) is 11.5 Å². The van der Waals surface area contributed by atoms with Gasteiger partial charge in [-0.15, -0.1) is 0 Å². The number of aromatic hydroxyl groups is 1. The van der Waals surface area contributed by atoms with Gasteiger partial charge in [0, 0.05) is 12.0 Å². The van der Waals surface area contributed by atoms with Crippen LogP contribution in [0.4, 0.5) is 0 Å². The number of rotatable bonds is 9. The van der Waals surface area contributed by atoms with Crippen LogP contribution in [0.2, 0.25) is 0 Å². The van der Waals surface area contributed by atoms with Crippen molar-refractivity contribution < 1.29 is 28.6 Å². The van der Waals surface area contributed by atoms with Crippen molar-refractivity contribution in [2.24, 2.45) is 52.3 Å². The van der Waals surface area contributed by atoms with Crippen LogP contribution in [0.1, 0.15) is 168 Å². The van der Waals surface area contributed by atoms with E-state index in [4.69, 9.17) is 19.0 Å². The lowest BCUT2D eigenvalue weighted by Crippen LogP contribution is -2.49. The van der Waals surface area contributed by atoms with E-state index >= 15 is 0 Å². The second-order valence-electron chi connectivity index (χ2n) is 20.2. The summed E-state index contributed by atoms with van der Waals surface area (Å²) < 4.78 is 16.4. The zero-order chi connectivity index (χ0) is 44.2. The maximum atomic E-state index is 12.7. The largest absolute Gasteiger partial charge is 0.508 e. The summed E-state index contributed by atoms with van der Waals surface area (Å²) in [5.41, 5.74) is 3.02. The first-order valence-electron chi connectivity index (χ1n) is 23.2. The van der Waals surface area contributed by atoms with Crippen LogP contribution in [0.3, 0.4) is 0 Å². The van der Waals surface area contributed by atoms with Crippen LogP contribution < -0.4 is 10.2 Å². The first-order chi connectivity index (χ1) is 28.3. The molecule has 4 fully saturated rings. The molecule has 3 aromatic rings. The molecule has 0 amide bonds. The molecule has 330 valence electrons. The van der Waals surface area contributed by atoms with Crippen LogP contribution in [-0.4, -0.2) is 22.6 Å². The van der Waals surface area contributed by atoms with Gasteiger partial charge in [0.1, 0.15) is 17.1 Å². The quantitative estimate of drug-likeness (QED) is 0.169. The van der Waals surface area contributed by atoms with E-state index < -0.39 is 11.4 Å². The Morgan fingerprint density at radius 1 is 0.850 bits per heavy atom. The van der Waals surface area contributed by atoms with Crippen LogP contribution in [0.5, 0.6) is 11.5 Å². The minimum Gasteiger partial charge on any atom is -0.508 e. The van der Waals surface area contributed by atoms with Crippen LogP contribution in [-0.2, 0) is 20.7 Å². The molecule has 60 heavy (non-hydrogen) atoms. The summed E-state index contributed by atoms with van der Waals surface area (Å²) in [4.78, 5) is 35.9. The molecule has 0 spiro atoms. The number of hydrogen-bond acceptors (Lipinski definition) is 7. The fourth-order valence-electron chi connectivity index (χ4n) is 10.8. The molecule has 10 unspecified atom stereocenters. The van der Waals surface area contributed by atoms with Gasteiger partial charge >= 0.3 is 11.9 Å². The van der Waals surface area contributed by atoms with E-state index in [1.54, 1.807) is 44.0 Å². The summed E-state index contributed by atoms with van der Waals surface area (Å²) in [7, 11) is 0. The van der Waals surface area contributed by atoms with Crippen LogP contribution >= 0.6 is 0 Å². The Morgan fingerprint density at radius 2 is 1.47 bits per heavy atom. The lowest BCUT2D eigenvalue weighted by Gasteiger charge is -2.46. The summed E-state index contributed by atoms with van der Waals surface area (Å²) >= 11 is 0. The SMILES string of the molecule is CC1Cc2ccccc2C1C.CCC(C)(C)C(=O)OC1(CC)CC2CC1C1C3CCC(C3)C21.CCC(C)(C)C(=O)Oc1c(C)occc1=O.CCC(C)c1ccc(O)cc1. The summed E-state index contributed by atoms with van der Waals surface area (Å²) in [5.74, 6) is 7.82. The van der Waals surface area contributed by atoms with E-state index in [0.717, 1.165) is 67.1 Å². The second kappa shape index (κ2) is 19.5. The minimum absolute atomic E-state index is 0.0194. The van der Waals surface area contributed by atoms with Gasteiger partial charge in [-0.05, 0) is 175 Å². The summed E-state index contributed by atoms with van der Waals surface area (Å²) in [6, 6.07) is 17.5. The zero-order valence-electron chi connectivity index (χ0n) is 38.9. The van der Waals surface area contributed by atoms with Crippen LogP contribution in [0, 0.1) is 59.2 Å². The molecule has 5 aliphatic carbocycles. The van der Waals surface area contributed by atoms with Gasteiger partial charge < -0.3 is 19.0 Å². The van der Waals surface area contributed by atoms with Crippen molar-refractivity contribution in [3.63, 3.8) is 0 Å². The third-order valence-corrected chi connectivity index (χ3v) is 15.9. The first kappa shape index (κ1) is 47.2. The lowest BCUT2D eigenvalue weighted by molar-refractivity contribution is -0.183. The van der Waals surface area contributed by atoms with Crippen molar-refractivity contribution in [2.45, 2.75) is 165 Å². The van der Waals surface area contributed by atoms with Crippen molar-refractivity contribution in [2.75, 3.05) is 0 Å². The fraction of sp³-hybridized carbons (Fsp3) is 0.642. The molecule has 8 rings (SSSR count). The van der Waals surface area contributed by atoms with Gasteiger partial charge in [-0.3, -0.25) is 14.4 Å². The number of ether oxygens (including phenoxy) is 2. The van der Waals surface area contributed by atoms with Crippen molar-refractivity contribution in [3.05, 3.63) is 93.5 Å². The topological polar surface area (TPSA) is 103 Å². The van der Waals surface area contributed by atoms with Gasteiger partial charge in [0.15, 0.2) is 0 Å². The number of carbonyl (C=O) groups excluding carboxylic acids is 2. The third kappa shape index (κ3) is 10.1. The molecule has 4 saturated carbocycles. The normalized spacial score (nSPS) is 28.5. The molecule has 4 bridgehead atoms. The van der Waals surface area contributed by atoms with Crippen LogP contribution in [0.15, 0.2) is 70.1 Å². The highest BCUT2D eigenvalue weighted by molar-refractivity contribution is 5.78. The van der Waals surface area contributed by atoms with Gasteiger partial charge in [-0.1, -0.05) is 84.9 Å². The highest BCUT2D eigenvalue weighted by atomic mass is 16.6. The predicted octanol–water partition coefficient (Wildman–Crippen LogP) is 13.0. The van der Waals surface area contributed by atoms with Gasteiger partial charge in [0.25, 0.3) is 0 Å². The molecule has 7 heteroatoms. The number of carbonyl (C=O) groups is 2. The zero-order valence-corrected chi connectivity index (χ0v) is 38.9. The van der Waals surface area contributed by atoms with Gasteiger partial charge in [0.2, 0.25) is 11.2 Å². The number of fused-ring (bicyclic) bond motifs is 10. The summed E-state index contributed by atoms with van der Waals surface area (Å²) in [5, 5.41) is 9.01. The Morgan fingerprint density at radius 3 is 2.05 bits per heavy atom. The highest BCUT2D eigenvalue weighted by Gasteiger charge is 2.68. The molecule has 7 nitrogen and oxygen atoms in total. The first-order valence-corrected chi connectivity index (χ1v) is 23.2. The number of phenols is 1. The standard InChI is InChI=1S/C20H32O2.C12H16O4.C11H14.C10H14O/c1-5-19(3,4)18(21)22-20(6-2)11-14-10-15(20)17-13-8-7-12(9-13)16(14)17;1-5-12(3,4)11(14)16-10-8(2)15-7-6-9(10)13;1-8-7-10-5-3-4-6-11(10)9(8)2;1-3-8(2)9-4-6-10(11)7-5-9/h12-17H,5-11H2,1-4H3;6-7H,5H2,1-4H3;3-6,8-9H,7H2,1-2H3;4-8,11H,3H2,1-2H3. The molecule has 0 radical (unpaired) electrons. The second-order valence-corrected chi connectivity index (χ2v) is 20.2. The van der Waals surface area contributed by atoms with Gasteiger partial charge in [0.05, 0.1) is 17.1 Å². The van der Waals surface area contributed by atoms with Gasteiger partial charge in [-0.2, -0.15) is 0 Å². The molecular weight excluding hydrogens is 749 g/mol. The van der Waals surface area contributed by atoms with Crippen molar-refractivity contribution >= 4 is 11.9 Å². The average molecular weight is 825 g/mol. The molecule has 1 aromatic heterocycles. The minimum atomic E-state index is -0.602. The maximum absolute atomic E-state index is 12.7. The molecule has 1 N–H and O–H groups in total. The Hall–Kier alpha value is -3.87. The number of benzene rings is 2. The van der Waals surface area contributed by atoms with E-state index in [9.17, 15) is 14.4 Å². The Kier molecular flexibility index (Phi) is 15.3. The molecule has 5 aliphatic rings. The smallest absolute Gasteiger partial charge is 0.317 e. The molecular formula is C53H76O7. The Balaban J connectivity index is 0.000000159. The van der Waals surface area contributed by atoms with E-state index in [1.165, 1.54) is 50.0 Å². The van der Waals surface area contributed by atoms with Crippen molar-refractivity contribution in [1.82, 2.24) is 0 Å². The van der Waals surface area contributed by atoms with E-state index in [-0.39, 0.29) is 28.2 Å². The number of esters is 2. The number of phenolic OH excluding ortho intramolecular Hbond substituents is 1. The fourth-order valence-corrected chi connectivity index (χ4v) is 10.8. The predicted molar refractivity (Wildman–Crippen MR) is 241 cm³/mol. The lowest BCUT2D eigenvalue weighted by atomic mass is 9.65. The van der Waals surface area contributed by atoms with E-state index in [1.807, 2.05) is 32.9 Å². The molecule has 0 aliphatic heterocycles. The average Bonchev–Trinajstić information content (AvgIpc) is 4.07. The molecule has 10 atom stereocenters. The summed E-state index contributed by atoms with van der Waals surface area (Å²) in [6.45, 7) is 24.4. The Bertz CT molecular complexity index is 1960. The highest BCUT2D eigenvalue weighted by Crippen LogP contribution is 2.71. The Labute approximate surface area is 361 Å². The van der Waals surface area contributed by atoms with E-state index in [0.29, 0.717) is 29.8 Å². The molecule has 1 heterocycles.